The average Bonchev–Trinajstić information content (AvgIpc) is 2.29. The first-order chi connectivity index (χ1) is 8.13. The molecule has 0 aromatic rings. The lowest BCUT2D eigenvalue weighted by Crippen LogP contribution is -2.50. The van der Waals surface area contributed by atoms with Gasteiger partial charge in [-0.25, -0.2) is 0 Å². The summed E-state index contributed by atoms with van der Waals surface area (Å²) in [6, 6.07) is 0.716. The van der Waals surface area contributed by atoms with E-state index >= 15 is 0 Å². The Bertz CT molecular complexity index is 238. The molecule has 100 valence electrons. The summed E-state index contributed by atoms with van der Waals surface area (Å²) in [5, 5.41) is 3.44. The van der Waals surface area contributed by atoms with Gasteiger partial charge in [0.15, 0.2) is 0 Å². The van der Waals surface area contributed by atoms with E-state index in [-0.39, 0.29) is 0 Å². The van der Waals surface area contributed by atoms with Gasteiger partial charge in [-0.1, -0.05) is 13.8 Å². The molecule has 2 rings (SSSR count). The van der Waals surface area contributed by atoms with E-state index in [0.717, 1.165) is 19.1 Å². The van der Waals surface area contributed by atoms with E-state index in [1.54, 1.807) is 0 Å². The number of piperidine rings is 1. The van der Waals surface area contributed by atoms with Crippen LogP contribution in [-0.4, -0.2) is 50.8 Å². The number of ether oxygens (including phenoxy) is 1. The molecule has 3 heteroatoms. The molecule has 0 aromatic heterocycles. The van der Waals surface area contributed by atoms with E-state index in [1.807, 2.05) is 0 Å². The van der Waals surface area contributed by atoms with Crippen molar-refractivity contribution < 1.29 is 4.74 Å². The van der Waals surface area contributed by atoms with Crippen molar-refractivity contribution in [3.63, 3.8) is 0 Å². The van der Waals surface area contributed by atoms with E-state index in [2.05, 4.69) is 31.1 Å². The molecule has 0 saturated carbocycles. The third-order valence-corrected chi connectivity index (χ3v) is 4.67. The van der Waals surface area contributed by atoms with E-state index in [1.165, 1.54) is 38.9 Å². The third-order valence-electron chi connectivity index (χ3n) is 4.67. The molecule has 2 aliphatic heterocycles. The maximum Gasteiger partial charge on any atom is 0.0471 e. The fourth-order valence-electron chi connectivity index (χ4n) is 3.37. The molecule has 3 nitrogen and oxygen atoms in total. The van der Waals surface area contributed by atoms with Gasteiger partial charge in [-0.2, -0.15) is 0 Å². The SMILES string of the molecule is CNC1CCN(CC2(C)CCOCC2)CC1C. The summed E-state index contributed by atoms with van der Waals surface area (Å²) in [6.45, 7) is 10.5. The maximum atomic E-state index is 5.48. The lowest BCUT2D eigenvalue weighted by atomic mass is 9.81. The first-order valence-electron chi connectivity index (χ1n) is 7.10. The minimum atomic E-state index is 0.491. The van der Waals surface area contributed by atoms with Gasteiger partial charge in [0.05, 0.1) is 0 Å². The van der Waals surface area contributed by atoms with Crippen LogP contribution < -0.4 is 5.32 Å². The van der Waals surface area contributed by atoms with Crippen molar-refractivity contribution in [3.8, 4) is 0 Å². The fraction of sp³-hybridized carbons (Fsp3) is 1.00. The number of nitrogens with one attached hydrogen (secondary N) is 1. The van der Waals surface area contributed by atoms with Crippen LogP contribution in [0.2, 0.25) is 0 Å². The Hall–Kier alpha value is -0.120. The first kappa shape index (κ1) is 13.3. The average molecular weight is 240 g/mol. The van der Waals surface area contributed by atoms with E-state index in [4.69, 9.17) is 4.74 Å². The number of hydrogen-bond donors (Lipinski definition) is 1. The van der Waals surface area contributed by atoms with Gasteiger partial charge in [0.2, 0.25) is 0 Å². The molecule has 17 heavy (non-hydrogen) atoms. The predicted molar refractivity (Wildman–Crippen MR) is 71.2 cm³/mol. The first-order valence-corrected chi connectivity index (χ1v) is 7.10. The van der Waals surface area contributed by atoms with Crippen molar-refractivity contribution >= 4 is 0 Å². The quantitative estimate of drug-likeness (QED) is 0.813. The second-order valence-corrected chi connectivity index (χ2v) is 6.32. The van der Waals surface area contributed by atoms with Crippen LogP contribution in [0, 0.1) is 11.3 Å². The normalized spacial score (nSPS) is 34.8. The predicted octanol–water partition coefficient (Wildman–Crippen LogP) is 1.73. The smallest absolute Gasteiger partial charge is 0.0471 e. The number of rotatable bonds is 3. The molecule has 2 saturated heterocycles. The maximum absolute atomic E-state index is 5.48. The Morgan fingerprint density at radius 3 is 2.65 bits per heavy atom. The van der Waals surface area contributed by atoms with Crippen LogP contribution in [0.5, 0.6) is 0 Å². The molecule has 0 aliphatic carbocycles. The van der Waals surface area contributed by atoms with Crippen molar-refractivity contribution in [1.29, 1.82) is 0 Å². The lowest BCUT2D eigenvalue weighted by Gasteiger charge is -2.43. The van der Waals surface area contributed by atoms with Crippen LogP contribution in [0.15, 0.2) is 0 Å². The van der Waals surface area contributed by atoms with Gasteiger partial charge in [0, 0.05) is 32.3 Å². The van der Waals surface area contributed by atoms with E-state index < -0.39 is 0 Å². The molecule has 0 spiro atoms. The number of hydrogen-bond acceptors (Lipinski definition) is 3. The molecular weight excluding hydrogens is 212 g/mol. The molecule has 0 bridgehead atoms. The minimum Gasteiger partial charge on any atom is -0.381 e. The molecule has 2 heterocycles. The second-order valence-electron chi connectivity index (χ2n) is 6.32. The monoisotopic (exact) mass is 240 g/mol. The van der Waals surface area contributed by atoms with Crippen LogP contribution >= 0.6 is 0 Å². The van der Waals surface area contributed by atoms with Crippen LogP contribution in [0.3, 0.4) is 0 Å². The summed E-state index contributed by atoms with van der Waals surface area (Å²) < 4.78 is 5.48. The Morgan fingerprint density at radius 1 is 1.35 bits per heavy atom. The molecule has 0 amide bonds. The Kier molecular flexibility index (Phi) is 4.45. The Morgan fingerprint density at radius 2 is 2.06 bits per heavy atom. The van der Waals surface area contributed by atoms with Crippen molar-refractivity contribution in [2.75, 3.05) is 39.9 Å². The fourth-order valence-corrected chi connectivity index (χ4v) is 3.37. The van der Waals surface area contributed by atoms with Crippen molar-refractivity contribution in [3.05, 3.63) is 0 Å². The molecule has 2 fully saturated rings. The molecule has 2 aliphatic rings. The van der Waals surface area contributed by atoms with Crippen molar-refractivity contribution in [1.82, 2.24) is 10.2 Å². The van der Waals surface area contributed by atoms with Gasteiger partial charge in [0.25, 0.3) is 0 Å². The molecular formula is C14H28N2O. The highest BCUT2D eigenvalue weighted by atomic mass is 16.5. The summed E-state index contributed by atoms with van der Waals surface area (Å²) >= 11 is 0. The summed E-state index contributed by atoms with van der Waals surface area (Å²) in [6.07, 6.45) is 3.75. The highest BCUT2D eigenvalue weighted by Gasteiger charge is 2.32. The van der Waals surface area contributed by atoms with Gasteiger partial charge >= 0.3 is 0 Å². The molecule has 2 atom stereocenters. The van der Waals surface area contributed by atoms with Gasteiger partial charge in [-0.05, 0) is 44.2 Å². The Labute approximate surface area is 106 Å². The zero-order valence-corrected chi connectivity index (χ0v) is 11.7. The van der Waals surface area contributed by atoms with Crippen LogP contribution in [-0.2, 0) is 4.74 Å². The van der Waals surface area contributed by atoms with Crippen LogP contribution in [0.25, 0.3) is 0 Å². The molecule has 1 N–H and O–H groups in total. The molecule has 0 radical (unpaired) electrons. The summed E-state index contributed by atoms with van der Waals surface area (Å²) in [5.74, 6) is 0.775. The van der Waals surface area contributed by atoms with Crippen LogP contribution in [0.4, 0.5) is 0 Å². The van der Waals surface area contributed by atoms with Crippen LogP contribution in [0.1, 0.15) is 33.1 Å². The van der Waals surface area contributed by atoms with Crippen molar-refractivity contribution in [2.24, 2.45) is 11.3 Å². The molecule has 0 aromatic carbocycles. The second kappa shape index (κ2) is 5.68. The summed E-state index contributed by atoms with van der Waals surface area (Å²) in [5.41, 5.74) is 0.491. The molecule has 2 unspecified atom stereocenters. The van der Waals surface area contributed by atoms with Crippen molar-refractivity contribution in [2.45, 2.75) is 39.2 Å². The topological polar surface area (TPSA) is 24.5 Å². The summed E-state index contributed by atoms with van der Waals surface area (Å²) in [7, 11) is 2.09. The Balaban J connectivity index is 1.83. The van der Waals surface area contributed by atoms with Gasteiger partial charge in [-0.3, -0.25) is 0 Å². The number of nitrogens with zero attached hydrogens (tertiary/aromatic N) is 1. The zero-order chi connectivity index (χ0) is 12.3. The van der Waals surface area contributed by atoms with E-state index in [9.17, 15) is 0 Å². The standard InChI is InChI=1S/C14H28N2O/c1-12-10-16(7-4-13(12)15-3)11-14(2)5-8-17-9-6-14/h12-13,15H,4-11H2,1-3H3. The largest absolute Gasteiger partial charge is 0.381 e. The number of likely N-dealkylation sites (tertiary alicyclic amines) is 1. The van der Waals surface area contributed by atoms with E-state index in [0.29, 0.717) is 11.5 Å². The minimum absolute atomic E-state index is 0.491. The van der Waals surface area contributed by atoms with Gasteiger partial charge < -0.3 is 15.0 Å². The lowest BCUT2D eigenvalue weighted by molar-refractivity contribution is -0.00352. The summed E-state index contributed by atoms with van der Waals surface area (Å²) in [4.78, 5) is 2.67. The van der Waals surface area contributed by atoms with Gasteiger partial charge in [-0.15, -0.1) is 0 Å². The third kappa shape index (κ3) is 3.43. The van der Waals surface area contributed by atoms with Gasteiger partial charge in [0.1, 0.15) is 0 Å². The highest BCUT2D eigenvalue weighted by Crippen LogP contribution is 2.32. The highest BCUT2D eigenvalue weighted by molar-refractivity contribution is 4.87. The zero-order valence-electron chi connectivity index (χ0n) is 11.7.